The molecule has 0 atom stereocenters. The molecule has 0 aliphatic carbocycles. The van der Waals surface area contributed by atoms with Crippen LogP contribution in [-0.4, -0.2) is 31.6 Å². The van der Waals surface area contributed by atoms with Gasteiger partial charge in [-0.3, -0.25) is 4.79 Å². The van der Waals surface area contributed by atoms with E-state index < -0.39 is 5.97 Å². The van der Waals surface area contributed by atoms with Crippen LogP contribution in [0.25, 0.3) is 0 Å². The van der Waals surface area contributed by atoms with Crippen molar-refractivity contribution in [1.82, 2.24) is 0 Å². The average Bonchev–Trinajstić information content (AvgIpc) is 3.05. The Morgan fingerprint density at radius 2 is 1.75 bits per heavy atom. The van der Waals surface area contributed by atoms with Crippen LogP contribution >= 0.6 is 0 Å². The molecule has 0 unspecified atom stereocenters. The number of anilines is 1. The summed E-state index contributed by atoms with van der Waals surface area (Å²) in [7, 11) is 0. The van der Waals surface area contributed by atoms with E-state index in [0.717, 1.165) is 12.2 Å². The van der Waals surface area contributed by atoms with Gasteiger partial charge in [0, 0.05) is 13.0 Å². The van der Waals surface area contributed by atoms with Crippen molar-refractivity contribution in [3.05, 3.63) is 60.2 Å². The Hall–Kier alpha value is -2.82. The minimum Gasteiger partial charge on any atom is -0.490 e. The summed E-state index contributed by atoms with van der Waals surface area (Å²) >= 11 is 0. The van der Waals surface area contributed by atoms with Gasteiger partial charge in [0.15, 0.2) is 0 Å². The van der Waals surface area contributed by atoms with E-state index >= 15 is 0 Å². The molecule has 0 N–H and O–H groups in total. The van der Waals surface area contributed by atoms with Crippen LogP contribution in [0.4, 0.5) is 5.69 Å². The first-order chi connectivity index (χ1) is 11.8. The van der Waals surface area contributed by atoms with Crippen molar-refractivity contribution < 1.29 is 19.1 Å². The Bertz CT molecular complexity index is 714. The normalized spacial score (nSPS) is 13.8. The summed E-state index contributed by atoms with van der Waals surface area (Å²) in [6, 6.07) is 16.4. The molecule has 2 aromatic carbocycles. The van der Waals surface area contributed by atoms with Crippen molar-refractivity contribution in [2.24, 2.45) is 0 Å². The molecule has 5 nitrogen and oxygen atoms in total. The largest absolute Gasteiger partial charge is 0.490 e. The summed E-state index contributed by atoms with van der Waals surface area (Å²) in [6.45, 7) is 1.07. The second-order valence-electron chi connectivity index (χ2n) is 5.46. The lowest BCUT2D eigenvalue weighted by molar-refractivity contribution is -0.117. The van der Waals surface area contributed by atoms with E-state index in [0.29, 0.717) is 24.2 Å². The van der Waals surface area contributed by atoms with Gasteiger partial charge in [-0.1, -0.05) is 30.3 Å². The van der Waals surface area contributed by atoms with E-state index in [-0.39, 0.29) is 19.1 Å². The van der Waals surface area contributed by atoms with Gasteiger partial charge in [-0.2, -0.15) is 0 Å². The maximum absolute atomic E-state index is 12.3. The molecule has 0 bridgehead atoms. The number of nitrogens with zero attached hydrogens (tertiary/aromatic N) is 1. The predicted octanol–water partition coefficient (Wildman–Crippen LogP) is 3.05. The fourth-order valence-electron chi connectivity index (χ4n) is 2.67. The third-order valence-corrected chi connectivity index (χ3v) is 3.82. The van der Waals surface area contributed by atoms with Crippen LogP contribution in [0.1, 0.15) is 23.2 Å². The van der Waals surface area contributed by atoms with Gasteiger partial charge in [-0.25, -0.2) is 4.79 Å². The highest BCUT2D eigenvalue weighted by Crippen LogP contribution is 2.25. The van der Waals surface area contributed by atoms with Gasteiger partial charge in [0.1, 0.15) is 19.0 Å². The summed E-state index contributed by atoms with van der Waals surface area (Å²) in [5, 5.41) is 0. The molecule has 1 saturated heterocycles. The number of carbonyl (C=O) groups excluding carboxylic acids is 2. The molecule has 3 rings (SSSR count). The van der Waals surface area contributed by atoms with Crippen molar-refractivity contribution in [3.8, 4) is 5.75 Å². The fraction of sp³-hybridized carbons (Fsp3) is 0.263. The van der Waals surface area contributed by atoms with E-state index in [4.69, 9.17) is 9.47 Å². The van der Waals surface area contributed by atoms with Crippen LogP contribution in [0.15, 0.2) is 54.6 Å². The zero-order valence-corrected chi connectivity index (χ0v) is 13.3. The van der Waals surface area contributed by atoms with Gasteiger partial charge in [0.05, 0.1) is 11.3 Å². The summed E-state index contributed by atoms with van der Waals surface area (Å²) in [5.41, 5.74) is 1.03. The highest BCUT2D eigenvalue weighted by atomic mass is 16.6. The molecule has 0 spiro atoms. The van der Waals surface area contributed by atoms with E-state index in [9.17, 15) is 9.59 Å². The Balaban J connectivity index is 1.58. The quantitative estimate of drug-likeness (QED) is 0.605. The van der Waals surface area contributed by atoms with Gasteiger partial charge < -0.3 is 14.4 Å². The third-order valence-electron chi connectivity index (χ3n) is 3.82. The summed E-state index contributed by atoms with van der Waals surface area (Å²) < 4.78 is 10.8. The van der Waals surface area contributed by atoms with Gasteiger partial charge in [-0.05, 0) is 30.7 Å². The second kappa shape index (κ2) is 7.64. The minimum atomic E-state index is -0.443. The van der Waals surface area contributed by atoms with Gasteiger partial charge in [0.2, 0.25) is 5.91 Å². The van der Waals surface area contributed by atoms with E-state index in [1.807, 2.05) is 36.4 Å². The van der Waals surface area contributed by atoms with Crippen LogP contribution in [0.5, 0.6) is 5.75 Å². The lowest BCUT2D eigenvalue weighted by Gasteiger charge is -2.18. The summed E-state index contributed by atoms with van der Waals surface area (Å²) in [6.07, 6.45) is 1.33. The van der Waals surface area contributed by atoms with Crippen molar-refractivity contribution in [2.45, 2.75) is 12.8 Å². The number of para-hydroxylation sites is 2. The first kappa shape index (κ1) is 16.1. The molecular formula is C19H19NO4. The molecule has 2 aromatic rings. The highest BCUT2D eigenvalue weighted by Gasteiger charge is 2.26. The molecule has 1 aliphatic rings. The summed E-state index contributed by atoms with van der Waals surface area (Å²) in [5.74, 6) is 0.334. The maximum Gasteiger partial charge on any atom is 0.340 e. The fourth-order valence-corrected chi connectivity index (χ4v) is 2.67. The van der Waals surface area contributed by atoms with E-state index in [1.165, 1.54) is 0 Å². The first-order valence-electron chi connectivity index (χ1n) is 8.00. The molecule has 5 heteroatoms. The number of rotatable bonds is 6. The van der Waals surface area contributed by atoms with Crippen LogP contribution in [0.2, 0.25) is 0 Å². The van der Waals surface area contributed by atoms with Crippen molar-refractivity contribution in [3.63, 3.8) is 0 Å². The third kappa shape index (κ3) is 3.74. The lowest BCUT2D eigenvalue weighted by atomic mass is 10.1. The monoisotopic (exact) mass is 325 g/mol. The molecule has 0 radical (unpaired) electrons. The molecule has 0 saturated carbocycles. The van der Waals surface area contributed by atoms with Crippen molar-refractivity contribution in [1.29, 1.82) is 0 Å². The standard InChI is InChI=1S/C19H19NO4/c21-18-11-6-12-20(18)17-10-5-4-9-16(17)19(22)24-14-13-23-15-7-2-1-3-8-15/h1-5,7-10H,6,11-14H2. The van der Waals surface area contributed by atoms with Crippen LogP contribution < -0.4 is 9.64 Å². The first-order valence-corrected chi connectivity index (χ1v) is 8.00. The molecule has 1 amide bonds. The van der Waals surface area contributed by atoms with Crippen molar-refractivity contribution in [2.75, 3.05) is 24.7 Å². The molecular weight excluding hydrogens is 306 g/mol. The summed E-state index contributed by atoms with van der Waals surface area (Å²) in [4.78, 5) is 25.9. The Morgan fingerprint density at radius 1 is 1.00 bits per heavy atom. The van der Waals surface area contributed by atoms with Crippen LogP contribution in [0, 0.1) is 0 Å². The van der Waals surface area contributed by atoms with E-state index in [1.54, 1.807) is 23.1 Å². The number of ether oxygens (including phenoxy) is 2. The van der Waals surface area contributed by atoms with Crippen molar-refractivity contribution >= 4 is 17.6 Å². The number of carbonyl (C=O) groups is 2. The molecule has 24 heavy (non-hydrogen) atoms. The number of esters is 1. The van der Waals surface area contributed by atoms with Gasteiger partial charge in [0.25, 0.3) is 0 Å². The molecule has 1 heterocycles. The van der Waals surface area contributed by atoms with Gasteiger partial charge >= 0.3 is 5.97 Å². The predicted molar refractivity (Wildman–Crippen MR) is 90.2 cm³/mol. The average molecular weight is 325 g/mol. The Morgan fingerprint density at radius 3 is 2.50 bits per heavy atom. The number of hydrogen-bond acceptors (Lipinski definition) is 4. The van der Waals surface area contributed by atoms with Crippen LogP contribution in [-0.2, 0) is 9.53 Å². The maximum atomic E-state index is 12.3. The smallest absolute Gasteiger partial charge is 0.340 e. The number of hydrogen-bond donors (Lipinski definition) is 0. The molecule has 0 aromatic heterocycles. The SMILES string of the molecule is O=C(OCCOc1ccccc1)c1ccccc1N1CCCC1=O. The Kier molecular flexibility index (Phi) is 5.11. The molecule has 124 valence electrons. The topological polar surface area (TPSA) is 55.8 Å². The number of amides is 1. The van der Waals surface area contributed by atoms with E-state index in [2.05, 4.69) is 0 Å². The molecule has 1 aliphatic heterocycles. The van der Waals surface area contributed by atoms with Crippen LogP contribution in [0.3, 0.4) is 0 Å². The second-order valence-corrected chi connectivity index (χ2v) is 5.46. The molecule has 1 fully saturated rings. The Labute approximate surface area is 140 Å². The zero-order valence-electron chi connectivity index (χ0n) is 13.3. The number of benzene rings is 2. The highest BCUT2D eigenvalue weighted by molar-refractivity contribution is 6.03. The zero-order chi connectivity index (χ0) is 16.8. The lowest BCUT2D eigenvalue weighted by Crippen LogP contribution is -2.26. The van der Waals surface area contributed by atoms with Gasteiger partial charge in [-0.15, -0.1) is 0 Å². The minimum absolute atomic E-state index is 0.0441.